The van der Waals surface area contributed by atoms with E-state index in [4.69, 9.17) is 16.0 Å². The molecule has 30 heavy (non-hydrogen) atoms. The van der Waals surface area contributed by atoms with Gasteiger partial charge in [0.15, 0.2) is 5.58 Å². The number of aromatic nitrogens is 1. The van der Waals surface area contributed by atoms with Gasteiger partial charge in [0, 0.05) is 21.8 Å². The van der Waals surface area contributed by atoms with Crippen molar-refractivity contribution < 1.29 is 9.52 Å². The second-order valence-corrected chi connectivity index (χ2v) is 8.51. The summed E-state index contributed by atoms with van der Waals surface area (Å²) in [6.45, 7) is 4.39. The van der Waals surface area contributed by atoms with Crippen molar-refractivity contribution in [2.24, 2.45) is 4.99 Å². The minimum atomic E-state index is 0.00322. The molecule has 0 radical (unpaired) electrons. The van der Waals surface area contributed by atoms with Crippen molar-refractivity contribution in [1.29, 1.82) is 0 Å². The Morgan fingerprint density at radius 3 is 2.67 bits per heavy atom. The minimum absolute atomic E-state index is 0.00322. The van der Waals surface area contributed by atoms with Gasteiger partial charge in [0.05, 0.1) is 10.7 Å². The van der Waals surface area contributed by atoms with Crippen molar-refractivity contribution in [3.05, 3.63) is 75.2 Å². The lowest BCUT2D eigenvalue weighted by Crippen LogP contribution is -1.90. The van der Waals surface area contributed by atoms with Gasteiger partial charge in [-0.2, -0.15) is 0 Å². The molecule has 4 aromatic rings. The average molecular weight is 484 g/mol. The van der Waals surface area contributed by atoms with E-state index in [-0.39, 0.29) is 10.8 Å². The van der Waals surface area contributed by atoms with Gasteiger partial charge in [0.1, 0.15) is 11.3 Å². The van der Waals surface area contributed by atoms with E-state index in [9.17, 15) is 5.11 Å². The number of aromatic hydroxyl groups is 1. The Kier molecular flexibility index (Phi) is 5.93. The molecule has 0 aliphatic carbocycles. The molecular formula is C24H20BrClN2O2. The molecule has 0 bridgehead atoms. The molecule has 0 unspecified atom stereocenters. The highest BCUT2D eigenvalue weighted by Gasteiger charge is 2.11. The topological polar surface area (TPSA) is 58.6 Å². The fourth-order valence-electron chi connectivity index (χ4n) is 3.13. The van der Waals surface area contributed by atoms with Gasteiger partial charge in [-0.15, -0.1) is 0 Å². The first kappa shape index (κ1) is 20.6. The smallest absolute Gasteiger partial charge is 0.227 e. The van der Waals surface area contributed by atoms with E-state index in [1.54, 1.807) is 18.3 Å². The SMILES string of the molecule is CC[C@H](C)c1ccc2oc(-c3ccc(N=Cc4cc(Br)cc(Cl)c4O)cc3)nc2c1. The van der Waals surface area contributed by atoms with Gasteiger partial charge < -0.3 is 9.52 Å². The quantitative estimate of drug-likeness (QED) is 0.294. The Labute approximate surface area is 188 Å². The molecule has 3 aromatic carbocycles. The predicted molar refractivity (Wildman–Crippen MR) is 126 cm³/mol. The molecule has 0 saturated heterocycles. The Bertz CT molecular complexity index is 1230. The van der Waals surface area contributed by atoms with Crippen molar-refractivity contribution in [3.63, 3.8) is 0 Å². The molecule has 0 saturated carbocycles. The average Bonchev–Trinajstić information content (AvgIpc) is 3.18. The maximum absolute atomic E-state index is 10.1. The highest BCUT2D eigenvalue weighted by Crippen LogP contribution is 2.31. The van der Waals surface area contributed by atoms with Crippen LogP contribution in [0, 0.1) is 0 Å². The molecular weight excluding hydrogens is 464 g/mol. The fourth-order valence-corrected chi connectivity index (χ4v) is 3.96. The van der Waals surface area contributed by atoms with Crippen molar-refractivity contribution in [2.75, 3.05) is 0 Å². The van der Waals surface area contributed by atoms with Gasteiger partial charge in [-0.05, 0) is 66.4 Å². The molecule has 1 N–H and O–H groups in total. The van der Waals surface area contributed by atoms with E-state index in [1.807, 2.05) is 30.3 Å². The predicted octanol–water partition coefficient (Wildman–Crippen LogP) is 7.88. The van der Waals surface area contributed by atoms with Crippen LogP contribution in [0.15, 0.2) is 68.5 Å². The normalized spacial score (nSPS) is 12.7. The van der Waals surface area contributed by atoms with Crippen LogP contribution in [0.25, 0.3) is 22.6 Å². The van der Waals surface area contributed by atoms with Gasteiger partial charge in [0.25, 0.3) is 0 Å². The number of rotatable bonds is 5. The van der Waals surface area contributed by atoms with Gasteiger partial charge in [0.2, 0.25) is 5.89 Å². The molecule has 0 aliphatic rings. The standard InChI is InChI=1S/C24H20BrClN2O2/c1-3-14(2)16-6-9-22-21(11-16)28-24(30-22)15-4-7-19(8-5-15)27-13-17-10-18(25)12-20(26)23(17)29/h4-14,29H,3H2,1-2H3/t14-/m0/s1. The van der Waals surface area contributed by atoms with Gasteiger partial charge in [-0.25, -0.2) is 4.98 Å². The summed E-state index contributed by atoms with van der Waals surface area (Å²) in [4.78, 5) is 9.08. The molecule has 1 atom stereocenters. The van der Waals surface area contributed by atoms with Crippen LogP contribution in [-0.4, -0.2) is 16.3 Å². The molecule has 4 rings (SSSR count). The van der Waals surface area contributed by atoms with E-state index in [0.29, 0.717) is 17.4 Å². The lowest BCUT2D eigenvalue weighted by Gasteiger charge is -2.07. The van der Waals surface area contributed by atoms with E-state index in [1.165, 1.54) is 5.56 Å². The number of phenolic OH excluding ortho intramolecular Hbond substituents is 1. The lowest BCUT2D eigenvalue weighted by molar-refractivity contribution is 0.474. The number of aliphatic imine (C=N–C) groups is 1. The van der Waals surface area contributed by atoms with Gasteiger partial charge >= 0.3 is 0 Å². The number of hydrogen-bond donors (Lipinski definition) is 1. The first-order valence-electron chi connectivity index (χ1n) is 9.67. The van der Waals surface area contributed by atoms with Crippen molar-refractivity contribution in [1.82, 2.24) is 4.98 Å². The molecule has 0 aliphatic heterocycles. The summed E-state index contributed by atoms with van der Waals surface area (Å²) in [7, 11) is 0. The molecule has 1 heterocycles. The molecule has 0 amide bonds. The highest BCUT2D eigenvalue weighted by molar-refractivity contribution is 9.10. The summed E-state index contributed by atoms with van der Waals surface area (Å²) < 4.78 is 6.70. The second kappa shape index (κ2) is 8.62. The van der Waals surface area contributed by atoms with Crippen LogP contribution in [0.2, 0.25) is 5.02 Å². The third-order valence-corrected chi connectivity index (χ3v) is 5.86. The van der Waals surface area contributed by atoms with Crippen LogP contribution >= 0.6 is 27.5 Å². The summed E-state index contributed by atoms with van der Waals surface area (Å²) in [5.74, 6) is 1.08. The van der Waals surface area contributed by atoms with Gasteiger partial charge in [-0.1, -0.05) is 47.4 Å². The summed E-state index contributed by atoms with van der Waals surface area (Å²) in [6.07, 6.45) is 2.67. The minimum Gasteiger partial charge on any atom is -0.506 e. The third kappa shape index (κ3) is 4.27. The maximum Gasteiger partial charge on any atom is 0.227 e. The monoisotopic (exact) mass is 482 g/mol. The van der Waals surface area contributed by atoms with Crippen LogP contribution in [0.5, 0.6) is 5.75 Å². The van der Waals surface area contributed by atoms with Crippen molar-refractivity contribution in [3.8, 4) is 17.2 Å². The van der Waals surface area contributed by atoms with Crippen LogP contribution in [0.4, 0.5) is 5.69 Å². The number of hydrogen-bond acceptors (Lipinski definition) is 4. The summed E-state index contributed by atoms with van der Waals surface area (Å²) in [6, 6.07) is 17.2. The second-order valence-electron chi connectivity index (χ2n) is 7.19. The molecule has 1 aromatic heterocycles. The molecule has 6 heteroatoms. The van der Waals surface area contributed by atoms with E-state index in [2.05, 4.69) is 51.9 Å². The van der Waals surface area contributed by atoms with Crippen molar-refractivity contribution >= 4 is 50.5 Å². The fraction of sp³-hybridized carbons (Fsp3) is 0.167. The summed E-state index contributed by atoms with van der Waals surface area (Å²) >= 11 is 9.36. The Balaban J connectivity index is 1.58. The molecule has 4 nitrogen and oxygen atoms in total. The van der Waals surface area contributed by atoms with Crippen LogP contribution < -0.4 is 0 Å². The maximum atomic E-state index is 10.1. The number of benzene rings is 3. The molecule has 0 fully saturated rings. The first-order chi connectivity index (χ1) is 14.4. The number of halogens is 2. The Morgan fingerprint density at radius 2 is 1.93 bits per heavy atom. The van der Waals surface area contributed by atoms with Crippen LogP contribution in [0.1, 0.15) is 37.3 Å². The zero-order chi connectivity index (χ0) is 21.3. The van der Waals surface area contributed by atoms with Crippen LogP contribution in [-0.2, 0) is 0 Å². The van der Waals surface area contributed by atoms with E-state index in [0.717, 1.165) is 33.2 Å². The van der Waals surface area contributed by atoms with Crippen LogP contribution in [0.3, 0.4) is 0 Å². The largest absolute Gasteiger partial charge is 0.506 e. The van der Waals surface area contributed by atoms with Crippen molar-refractivity contribution in [2.45, 2.75) is 26.2 Å². The number of phenols is 1. The summed E-state index contributed by atoms with van der Waals surface area (Å²) in [5, 5.41) is 10.3. The number of fused-ring (bicyclic) bond motifs is 1. The van der Waals surface area contributed by atoms with E-state index < -0.39 is 0 Å². The Morgan fingerprint density at radius 1 is 1.17 bits per heavy atom. The molecule has 152 valence electrons. The Hall–Kier alpha value is -2.63. The first-order valence-corrected chi connectivity index (χ1v) is 10.8. The zero-order valence-electron chi connectivity index (χ0n) is 16.6. The van der Waals surface area contributed by atoms with Gasteiger partial charge in [-0.3, -0.25) is 4.99 Å². The number of oxazole rings is 1. The number of nitrogens with zero attached hydrogens (tertiary/aromatic N) is 2. The lowest BCUT2D eigenvalue weighted by atomic mass is 9.98. The summed E-state index contributed by atoms with van der Waals surface area (Å²) in [5.41, 5.74) is 5.07. The zero-order valence-corrected chi connectivity index (χ0v) is 18.9. The highest BCUT2D eigenvalue weighted by atomic mass is 79.9. The third-order valence-electron chi connectivity index (χ3n) is 5.12. The molecule has 0 spiro atoms. The van der Waals surface area contributed by atoms with E-state index >= 15 is 0 Å².